The molecule has 4 nitrogen and oxygen atoms in total. The molecule has 0 heterocycles. The lowest BCUT2D eigenvalue weighted by Crippen LogP contribution is -2.15. The van der Waals surface area contributed by atoms with E-state index < -0.39 is 23.4 Å². The van der Waals surface area contributed by atoms with Gasteiger partial charge in [-0.2, -0.15) is 0 Å². The summed E-state index contributed by atoms with van der Waals surface area (Å²) in [6, 6.07) is 3.59. The van der Waals surface area contributed by atoms with Crippen molar-refractivity contribution in [2.45, 2.75) is 19.8 Å². The molecule has 0 spiro atoms. The molecule has 0 aliphatic heterocycles. The van der Waals surface area contributed by atoms with E-state index in [1.165, 1.54) is 19.1 Å². The van der Waals surface area contributed by atoms with E-state index in [0.29, 0.717) is 0 Å². The molecule has 0 aliphatic carbocycles. The van der Waals surface area contributed by atoms with Gasteiger partial charge in [0.2, 0.25) is 11.6 Å². The standard InChI is InChI=1S/C12H11FO4/c1-7-6-8(2-3-9(7)13)12(17)10(14)4-5-11(15)16/h2-3,6H,4-5H2,1H3,(H,15,16). The van der Waals surface area contributed by atoms with Gasteiger partial charge in [0.05, 0.1) is 6.42 Å². The van der Waals surface area contributed by atoms with Gasteiger partial charge in [0.25, 0.3) is 0 Å². The van der Waals surface area contributed by atoms with Gasteiger partial charge in [-0.15, -0.1) is 0 Å². The van der Waals surface area contributed by atoms with E-state index in [9.17, 15) is 18.8 Å². The number of carboxylic acid groups (broad SMARTS) is 1. The zero-order valence-electron chi connectivity index (χ0n) is 9.20. The summed E-state index contributed by atoms with van der Waals surface area (Å²) in [5.74, 6) is -3.16. The van der Waals surface area contributed by atoms with Gasteiger partial charge in [-0.25, -0.2) is 4.39 Å². The third kappa shape index (κ3) is 3.48. The summed E-state index contributed by atoms with van der Waals surface area (Å²) in [5, 5.41) is 8.38. The first-order valence-electron chi connectivity index (χ1n) is 4.97. The van der Waals surface area contributed by atoms with Crippen molar-refractivity contribution in [3.8, 4) is 0 Å². The van der Waals surface area contributed by atoms with E-state index >= 15 is 0 Å². The fourth-order valence-corrected chi connectivity index (χ4v) is 1.28. The zero-order chi connectivity index (χ0) is 13.0. The van der Waals surface area contributed by atoms with Gasteiger partial charge in [0.1, 0.15) is 5.82 Å². The zero-order valence-corrected chi connectivity index (χ0v) is 9.20. The van der Waals surface area contributed by atoms with Gasteiger partial charge >= 0.3 is 5.97 Å². The second kappa shape index (κ2) is 5.34. The number of hydrogen-bond acceptors (Lipinski definition) is 3. The molecular formula is C12H11FO4. The van der Waals surface area contributed by atoms with Crippen LogP contribution in [0.4, 0.5) is 4.39 Å². The van der Waals surface area contributed by atoms with E-state index in [2.05, 4.69) is 0 Å². The van der Waals surface area contributed by atoms with Crippen LogP contribution in [0, 0.1) is 12.7 Å². The number of carbonyl (C=O) groups excluding carboxylic acids is 2. The highest BCUT2D eigenvalue weighted by atomic mass is 19.1. The molecule has 1 aromatic carbocycles. The molecule has 0 aliphatic rings. The van der Waals surface area contributed by atoms with Crippen molar-refractivity contribution in [1.82, 2.24) is 0 Å². The Hall–Kier alpha value is -2.04. The van der Waals surface area contributed by atoms with Crippen LogP contribution >= 0.6 is 0 Å². The summed E-state index contributed by atoms with van der Waals surface area (Å²) < 4.78 is 12.9. The SMILES string of the molecule is Cc1cc(C(=O)C(=O)CCC(=O)O)ccc1F. The monoisotopic (exact) mass is 238 g/mol. The maximum absolute atomic E-state index is 12.9. The molecule has 0 unspecified atom stereocenters. The number of rotatable bonds is 5. The Kier molecular flexibility index (Phi) is 4.09. The molecule has 17 heavy (non-hydrogen) atoms. The Labute approximate surface area is 97.1 Å². The van der Waals surface area contributed by atoms with Crippen molar-refractivity contribution in [1.29, 1.82) is 0 Å². The highest BCUT2D eigenvalue weighted by Crippen LogP contribution is 2.11. The first-order chi connectivity index (χ1) is 7.91. The smallest absolute Gasteiger partial charge is 0.303 e. The van der Waals surface area contributed by atoms with Crippen molar-refractivity contribution in [3.63, 3.8) is 0 Å². The Morgan fingerprint density at radius 2 is 1.88 bits per heavy atom. The second-order valence-corrected chi connectivity index (χ2v) is 3.61. The van der Waals surface area contributed by atoms with Crippen LogP contribution in [0.25, 0.3) is 0 Å². The predicted octanol–water partition coefficient (Wildman–Crippen LogP) is 1.75. The van der Waals surface area contributed by atoms with Crippen LogP contribution in [0.15, 0.2) is 18.2 Å². The number of hydrogen-bond donors (Lipinski definition) is 1. The Morgan fingerprint density at radius 1 is 1.24 bits per heavy atom. The van der Waals surface area contributed by atoms with E-state index in [-0.39, 0.29) is 24.0 Å². The van der Waals surface area contributed by atoms with Crippen LogP contribution in [-0.2, 0) is 9.59 Å². The number of carboxylic acids is 1. The van der Waals surface area contributed by atoms with Crippen molar-refractivity contribution in [2.75, 3.05) is 0 Å². The molecule has 0 radical (unpaired) electrons. The molecule has 5 heteroatoms. The summed E-state index contributed by atoms with van der Waals surface area (Å²) >= 11 is 0. The van der Waals surface area contributed by atoms with Crippen molar-refractivity contribution >= 4 is 17.5 Å². The van der Waals surface area contributed by atoms with Crippen LogP contribution in [0.2, 0.25) is 0 Å². The minimum atomic E-state index is -1.14. The van der Waals surface area contributed by atoms with Crippen molar-refractivity contribution in [3.05, 3.63) is 35.1 Å². The number of Topliss-reactive ketones (excluding diaryl/α,β-unsaturated/α-hetero) is 2. The molecule has 1 N–H and O–H groups in total. The summed E-state index contributed by atoms with van der Waals surface area (Å²) in [5.41, 5.74) is 0.348. The Bertz CT molecular complexity index is 479. The maximum Gasteiger partial charge on any atom is 0.303 e. The minimum absolute atomic E-state index is 0.0827. The number of carbonyl (C=O) groups is 3. The average molecular weight is 238 g/mol. The van der Waals surface area contributed by atoms with E-state index in [0.717, 1.165) is 6.07 Å². The molecule has 0 saturated heterocycles. The van der Waals surface area contributed by atoms with Crippen molar-refractivity contribution < 1.29 is 23.9 Å². The quantitative estimate of drug-likeness (QED) is 0.626. The van der Waals surface area contributed by atoms with Gasteiger partial charge in [0, 0.05) is 12.0 Å². The van der Waals surface area contributed by atoms with Crippen LogP contribution in [0.3, 0.4) is 0 Å². The Morgan fingerprint density at radius 3 is 2.41 bits per heavy atom. The second-order valence-electron chi connectivity index (χ2n) is 3.61. The lowest BCUT2D eigenvalue weighted by atomic mass is 10.0. The van der Waals surface area contributed by atoms with E-state index in [1.54, 1.807) is 0 Å². The van der Waals surface area contributed by atoms with Crippen LogP contribution in [-0.4, -0.2) is 22.6 Å². The van der Waals surface area contributed by atoms with E-state index in [4.69, 9.17) is 5.11 Å². The number of halogens is 1. The van der Waals surface area contributed by atoms with Gasteiger partial charge < -0.3 is 5.11 Å². The minimum Gasteiger partial charge on any atom is -0.481 e. The number of ketones is 2. The highest BCUT2D eigenvalue weighted by Gasteiger charge is 2.17. The van der Waals surface area contributed by atoms with Crippen molar-refractivity contribution in [2.24, 2.45) is 0 Å². The van der Waals surface area contributed by atoms with Gasteiger partial charge in [0.15, 0.2) is 0 Å². The summed E-state index contributed by atoms with van der Waals surface area (Å²) in [6.07, 6.45) is -0.727. The molecule has 0 fully saturated rings. The molecule has 0 atom stereocenters. The topological polar surface area (TPSA) is 71.4 Å². The normalized spacial score (nSPS) is 10.0. The summed E-state index contributed by atoms with van der Waals surface area (Å²) in [7, 11) is 0. The fourth-order valence-electron chi connectivity index (χ4n) is 1.28. The van der Waals surface area contributed by atoms with Crippen LogP contribution in [0.1, 0.15) is 28.8 Å². The number of benzene rings is 1. The maximum atomic E-state index is 12.9. The van der Waals surface area contributed by atoms with Crippen LogP contribution < -0.4 is 0 Å². The molecule has 1 rings (SSSR count). The summed E-state index contributed by atoms with van der Waals surface area (Å²) in [6.45, 7) is 1.48. The fraction of sp³-hybridized carbons (Fsp3) is 0.250. The lowest BCUT2D eigenvalue weighted by molar-refractivity contribution is -0.138. The third-order valence-corrected chi connectivity index (χ3v) is 2.24. The molecule has 1 aromatic rings. The highest BCUT2D eigenvalue weighted by molar-refractivity contribution is 6.43. The molecule has 0 bridgehead atoms. The third-order valence-electron chi connectivity index (χ3n) is 2.24. The summed E-state index contributed by atoms with van der Waals surface area (Å²) in [4.78, 5) is 33.1. The molecule has 0 saturated carbocycles. The Balaban J connectivity index is 2.78. The predicted molar refractivity (Wildman–Crippen MR) is 57.3 cm³/mol. The largest absolute Gasteiger partial charge is 0.481 e. The molecule has 0 aromatic heterocycles. The molecule has 0 amide bonds. The first kappa shape index (κ1) is 13.0. The lowest BCUT2D eigenvalue weighted by Gasteiger charge is -2.01. The number of aliphatic carboxylic acids is 1. The van der Waals surface area contributed by atoms with Gasteiger partial charge in [-0.3, -0.25) is 14.4 Å². The molecular weight excluding hydrogens is 227 g/mol. The number of aryl methyl sites for hydroxylation is 1. The first-order valence-corrected chi connectivity index (χ1v) is 4.97. The van der Waals surface area contributed by atoms with Gasteiger partial charge in [-0.1, -0.05) is 0 Å². The van der Waals surface area contributed by atoms with Gasteiger partial charge in [-0.05, 0) is 30.7 Å². The average Bonchev–Trinajstić information content (AvgIpc) is 2.28. The van der Waals surface area contributed by atoms with Crippen LogP contribution in [0.5, 0.6) is 0 Å². The molecule has 90 valence electrons. The van der Waals surface area contributed by atoms with E-state index in [1.807, 2.05) is 0 Å².